The Morgan fingerprint density at radius 3 is 2.45 bits per heavy atom. The van der Waals surface area contributed by atoms with Crippen LogP contribution in [0.2, 0.25) is 5.02 Å². The van der Waals surface area contributed by atoms with Gasteiger partial charge in [0.05, 0.1) is 12.4 Å². The predicted molar refractivity (Wildman–Crippen MR) is 123 cm³/mol. The van der Waals surface area contributed by atoms with Crippen molar-refractivity contribution in [2.45, 2.75) is 44.8 Å². The number of amides is 1. The number of benzene rings is 1. The van der Waals surface area contributed by atoms with Crippen LogP contribution < -0.4 is 10.6 Å². The van der Waals surface area contributed by atoms with E-state index >= 15 is 0 Å². The maximum atomic E-state index is 11.2. The van der Waals surface area contributed by atoms with Gasteiger partial charge in [-0.25, -0.2) is 9.97 Å². The Kier molecular flexibility index (Phi) is 7.05. The summed E-state index contributed by atoms with van der Waals surface area (Å²) in [6, 6.07) is 9.33. The molecule has 8 heteroatoms. The van der Waals surface area contributed by atoms with Crippen molar-refractivity contribution >= 4 is 23.3 Å². The lowest BCUT2D eigenvalue weighted by molar-refractivity contribution is 0.0610. The van der Waals surface area contributed by atoms with Crippen molar-refractivity contribution in [3.63, 3.8) is 0 Å². The monoisotopic (exact) mass is 442 g/mol. The van der Waals surface area contributed by atoms with E-state index in [0.717, 1.165) is 56.5 Å². The lowest BCUT2D eigenvalue weighted by atomic mass is 9.98. The normalized spacial score (nSPS) is 21.4. The molecular weight excluding hydrogens is 412 g/mol. The minimum Gasteiger partial charge on any atom is -0.364 e. The van der Waals surface area contributed by atoms with Gasteiger partial charge in [0.1, 0.15) is 11.5 Å². The maximum Gasteiger partial charge on any atom is 0.268 e. The van der Waals surface area contributed by atoms with Crippen LogP contribution in [0.3, 0.4) is 0 Å². The fourth-order valence-corrected chi connectivity index (χ4v) is 4.92. The minimum atomic E-state index is -0.544. The summed E-state index contributed by atoms with van der Waals surface area (Å²) in [7, 11) is 0. The Bertz CT molecular complexity index is 867. The zero-order valence-electron chi connectivity index (χ0n) is 18.1. The van der Waals surface area contributed by atoms with Gasteiger partial charge in [0, 0.05) is 43.3 Å². The number of nitrogens with zero attached hydrogens (tertiary/aromatic N) is 5. The van der Waals surface area contributed by atoms with Gasteiger partial charge in [-0.1, -0.05) is 30.7 Å². The Labute approximate surface area is 189 Å². The van der Waals surface area contributed by atoms with Gasteiger partial charge >= 0.3 is 0 Å². The third-order valence-electron chi connectivity index (χ3n) is 6.56. The van der Waals surface area contributed by atoms with Crippen molar-refractivity contribution in [3.8, 4) is 0 Å². The van der Waals surface area contributed by atoms with Crippen LogP contribution in [0.1, 0.15) is 42.2 Å². The summed E-state index contributed by atoms with van der Waals surface area (Å²) in [5.74, 6) is 0.276. The second-order valence-corrected chi connectivity index (χ2v) is 8.94. The number of likely N-dealkylation sites (tertiary alicyclic amines) is 1. The number of hydrogen-bond acceptors (Lipinski definition) is 6. The third-order valence-corrected chi connectivity index (χ3v) is 6.81. The number of nitrogens with two attached hydrogens (primary N) is 1. The van der Waals surface area contributed by atoms with E-state index in [1.54, 1.807) is 6.20 Å². The highest BCUT2D eigenvalue weighted by molar-refractivity contribution is 6.30. The van der Waals surface area contributed by atoms with E-state index in [4.69, 9.17) is 17.3 Å². The molecule has 0 aliphatic carbocycles. The summed E-state index contributed by atoms with van der Waals surface area (Å²) < 4.78 is 0. The minimum absolute atomic E-state index is 0.208. The summed E-state index contributed by atoms with van der Waals surface area (Å²) in [4.78, 5) is 27.3. The van der Waals surface area contributed by atoms with E-state index in [1.165, 1.54) is 24.6 Å². The molecule has 1 aromatic heterocycles. The molecule has 2 aliphatic heterocycles. The smallest absolute Gasteiger partial charge is 0.268 e. The quantitative estimate of drug-likeness (QED) is 0.741. The van der Waals surface area contributed by atoms with Gasteiger partial charge in [0.25, 0.3) is 5.91 Å². The maximum absolute atomic E-state index is 11.2. The summed E-state index contributed by atoms with van der Waals surface area (Å²) >= 11 is 6.01. The number of halogens is 1. The van der Waals surface area contributed by atoms with Gasteiger partial charge in [0.2, 0.25) is 0 Å². The first-order valence-electron chi connectivity index (χ1n) is 11.1. The molecule has 1 amide bonds. The highest BCUT2D eigenvalue weighted by atomic mass is 35.5. The molecule has 0 saturated carbocycles. The van der Waals surface area contributed by atoms with Crippen molar-refractivity contribution in [3.05, 3.63) is 52.9 Å². The molecule has 2 N–H and O–H groups in total. The third kappa shape index (κ3) is 5.34. The number of aromatic nitrogens is 2. The van der Waals surface area contributed by atoms with Gasteiger partial charge in [-0.05, 0) is 50.0 Å². The van der Waals surface area contributed by atoms with E-state index in [9.17, 15) is 4.79 Å². The average Bonchev–Trinajstić information content (AvgIpc) is 2.81. The van der Waals surface area contributed by atoms with Crippen molar-refractivity contribution in [1.82, 2.24) is 19.8 Å². The fourth-order valence-electron chi connectivity index (χ4n) is 4.79. The topological polar surface area (TPSA) is 78.6 Å². The van der Waals surface area contributed by atoms with E-state index in [2.05, 4.69) is 43.7 Å². The fraction of sp³-hybridized carbons (Fsp3) is 0.522. The molecule has 3 heterocycles. The summed E-state index contributed by atoms with van der Waals surface area (Å²) in [6.07, 6.45) is 6.65. The van der Waals surface area contributed by atoms with Gasteiger partial charge in [-0.2, -0.15) is 0 Å². The Morgan fingerprint density at radius 1 is 1.10 bits per heavy atom. The largest absolute Gasteiger partial charge is 0.364 e. The second-order valence-electron chi connectivity index (χ2n) is 8.50. The van der Waals surface area contributed by atoms with E-state index < -0.39 is 5.91 Å². The molecule has 2 saturated heterocycles. The Balaban J connectivity index is 1.31. The number of hydrogen-bond donors (Lipinski definition) is 1. The van der Waals surface area contributed by atoms with Crippen LogP contribution in [0.15, 0.2) is 36.7 Å². The average molecular weight is 443 g/mol. The molecule has 0 radical (unpaired) electrons. The van der Waals surface area contributed by atoms with Crippen LogP contribution in [0.25, 0.3) is 0 Å². The zero-order chi connectivity index (χ0) is 21.8. The van der Waals surface area contributed by atoms with Gasteiger partial charge in [-0.3, -0.25) is 14.6 Å². The lowest BCUT2D eigenvalue weighted by Gasteiger charge is -2.47. The van der Waals surface area contributed by atoms with Crippen LogP contribution in [-0.4, -0.2) is 70.5 Å². The van der Waals surface area contributed by atoms with E-state index in [0.29, 0.717) is 12.1 Å². The predicted octanol–water partition coefficient (Wildman–Crippen LogP) is 2.79. The summed E-state index contributed by atoms with van der Waals surface area (Å²) in [5, 5.41) is 0.794. The molecule has 2 aromatic rings. The Morgan fingerprint density at radius 2 is 1.84 bits per heavy atom. The SMILES string of the molecule is CC[C@H]1CN(c2cnc(C(N)=O)cn2)CCN1C1CCN(Cc2ccc(Cl)cc2)CC1. The molecular formula is C23H31ClN6O. The molecule has 1 atom stereocenters. The van der Waals surface area contributed by atoms with Gasteiger partial charge < -0.3 is 10.6 Å². The highest BCUT2D eigenvalue weighted by Crippen LogP contribution is 2.26. The number of primary amides is 1. The lowest BCUT2D eigenvalue weighted by Crippen LogP contribution is -2.58. The number of carbonyl (C=O) groups excluding carboxylic acids is 1. The number of piperazine rings is 1. The van der Waals surface area contributed by atoms with E-state index in [-0.39, 0.29) is 5.69 Å². The van der Waals surface area contributed by atoms with Gasteiger partial charge in [-0.15, -0.1) is 0 Å². The molecule has 166 valence electrons. The van der Waals surface area contributed by atoms with Crippen molar-refractivity contribution in [1.29, 1.82) is 0 Å². The highest BCUT2D eigenvalue weighted by Gasteiger charge is 2.33. The number of anilines is 1. The first kappa shape index (κ1) is 22.0. The van der Waals surface area contributed by atoms with Crippen LogP contribution in [-0.2, 0) is 6.54 Å². The second kappa shape index (κ2) is 9.94. The molecule has 2 aliphatic rings. The summed E-state index contributed by atoms with van der Waals surface area (Å²) in [5.41, 5.74) is 6.81. The van der Waals surface area contributed by atoms with Crippen molar-refractivity contribution in [2.24, 2.45) is 5.73 Å². The molecule has 0 bridgehead atoms. The first-order valence-corrected chi connectivity index (χ1v) is 11.5. The number of carbonyl (C=O) groups is 1. The number of rotatable bonds is 6. The molecule has 31 heavy (non-hydrogen) atoms. The molecule has 7 nitrogen and oxygen atoms in total. The zero-order valence-corrected chi connectivity index (χ0v) is 18.8. The van der Waals surface area contributed by atoms with Crippen LogP contribution in [0.5, 0.6) is 0 Å². The van der Waals surface area contributed by atoms with Crippen LogP contribution in [0.4, 0.5) is 5.82 Å². The van der Waals surface area contributed by atoms with E-state index in [1.807, 2.05) is 12.1 Å². The van der Waals surface area contributed by atoms with Crippen molar-refractivity contribution < 1.29 is 4.79 Å². The molecule has 4 rings (SSSR count). The number of piperidine rings is 1. The molecule has 1 aromatic carbocycles. The summed E-state index contributed by atoms with van der Waals surface area (Å²) in [6.45, 7) is 8.40. The van der Waals surface area contributed by atoms with Crippen LogP contribution in [0, 0.1) is 0 Å². The van der Waals surface area contributed by atoms with Crippen molar-refractivity contribution in [2.75, 3.05) is 37.6 Å². The standard InChI is InChI=1S/C23H31ClN6O/c1-2-19-16-29(22-14-26-21(13-27-22)23(25)31)11-12-30(19)20-7-9-28(10-8-20)15-17-3-5-18(24)6-4-17/h3-6,13-14,19-20H,2,7-12,15-16H2,1H3,(H2,25,31)/t19-/m0/s1. The Hall–Kier alpha value is -2.22. The van der Waals surface area contributed by atoms with Crippen LogP contribution >= 0.6 is 11.6 Å². The molecule has 0 unspecified atom stereocenters. The molecule has 0 spiro atoms. The molecule has 2 fully saturated rings. The first-order chi connectivity index (χ1) is 15.0. The van der Waals surface area contributed by atoms with Gasteiger partial charge in [0.15, 0.2) is 0 Å².